The second-order valence-electron chi connectivity index (χ2n) is 9.81. The van der Waals surface area contributed by atoms with E-state index in [0.717, 1.165) is 17.0 Å². The number of carbonyl (C=O) groups is 2. The second kappa shape index (κ2) is 11.1. The Morgan fingerprint density at radius 1 is 1.14 bits per heavy atom. The van der Waals surface area contributed by atoms with Gasteiger partial charge in [-0.05, 0) is 60.7 Å². The van der Waals surface area contributed by atoms with Crippen molar-refractivity contribution in [3.05, 3.63) is 76.0 Å². The van der Waals surface area contributed by atoms with E-state index in [9.17, 15) is 14.9 Å². The molecule has 37 heavy (non-hydrogen) atoms. The number of ketones is 1. The molecule has 0 spiro atoms. The number of ether oxygens (including phenoxy) is 2. The summed E-state index contributed by atoms with van der Waals surface area (Å²) in [4.78, 5) is 26.1. The molecule has 2 aliphatic rings. The van der Waals surface area contributed by atoms with Gasteiger partial charge in [0, 0.05) is 23.4 Å². The maximum atomic E-state index is 13.3. The van der Waals surface area contributed by atoms with E-state index in [-0.39, 0.29) is 22.9 Å². The highest BCUT2D eigenvalue weighted by molar-refractivity contribution is 8.03. The van der Waals surface area contributed by atoms with E-state index in [1.165, 1.54) is 11.8 Å². The molecule has 7 nitrogen and oxygen atoms in total. The normalized spacial score (nSPS) is 18.5. The van der Waals surface area contributed by atoms with Crippen LogP contribution in [0.2, 0.25) is 0 Å². The Labute approximate surface area is 221 Å². The van der Waals surface area contributed by atoms with Gasteiger partial charge < -0.3 is 20.1 Å². The van der Waals surface area contributed by atoms with Crippen molar-refractivity contribution < 1.29 is 19.1 Å². The van der Waals surface area contributed by atoms with E-state index < -0.39 is 5.92 Å². The summed E-state index contributed by atoms with van der Waals surface area (Å²) < 4.78 is 10.7. The Bertz CT molecular complexity index is 1290. The standard InChI is InChI=1S/C29H31N3O4S/c1-5-36-21-12-8-19(9-13-21)31-25(34)17-37-28-22(16-30)26(18-6-10-20(35-4)11-7-18)27-23(32-28)14-29(2,3)15-24(27)33/h6-13,26,32H,5,14-15,17H2,1-4H3,(H,31,34). The molecule has 1 aliphatic carbocycles. The summed E-state index contributed by atoms with van der Waals surface area (Å²) in [5, 5.41) is 17.1. The Kier molecular flexibility index (Phi) is 7.94. The number of amides is 1. The lowest BCUT2D eigenvalue weighted by molar-refractivity contribution is -0.118. The van der Waals surface area contributed by atoms with Gasteiger partial charge in [0.05, 0.1) is 42.1 Å². The van der Waals surface area contributed by atoms with Crippen LogP contribution < -0.4 is 20.1 Å². The van der Waals surface area contributed by atoms with Crippen molar-refractivity contribution in [2.75, 3.05) is 24.8 Å². The third-order valence-electron chi connectivity index (χ3n) is 6.37. The van der Waals surface area contributed by atoms with Crippen LogP contribution >= 0.6 is 11.8 Å². The van der Waals surface area contributed by atoms with Crippen LogP contribution in [0.3, 0.4) is 0 Å². The zero-order chi connectivity index (χ0) is 26.6. The molecule has 0 saturated heterocycles. The fourth-order valence-electron chi connectivity index (χ4n) is 4.76. The van der Waals surface area contributed by atoms with Crippen LogP contribution in [0.15, 0.2) is 70.4 Å². The van der Waals surface area contributed by atoms with Crippen LogP contribution in [0.1, 0.15) is 45.1 Å². The molecule has 2 aromatic carbocycles. The van der Waals surface area contributed by atoms with Crippen LogP contribution in [-0.2, 0) is 9.59 Å². The van der Waals surface area contributed by atoms with E-state index in [2.05, 4.69) is 30.6 Å². The number of nitrogens with one attached hydrogen (secondary N) is 2. The van der Waals surface area contributed by atoms with Gasteiger partial charge >= 0.3 is 0 Å². The molecule has 1 heterocycles. The number of carbonyl (C=O) groups excluding carboxylic acids is 2. The van der Waals surface area contributed by atoms with Crippen molar-refractivity contribution in [2.45, 2.75) is 39.5 Å². The average Bonchev–Trinajstić information content (AvgIpc) is 2.87. The SMILES string of the molecule is CCOc1ccc(NC(=O)CSC2=C(C#N)C(c3ccc(OC)cc3)C3=C(CC(C)(C)CC3=O)N2)cc1. The topological polar surface area (TPSA) is 100 Å². The van der Waals surface area contributed by atoms with Gasteiger partial charge in [-0.15, -0.1) is 0 Å². The number of nitrogens with zero attached hydrogens (tertiary/aromatic N) is 1. The molecule has 0 fully saturated rings. The van der Waals surface area contributed by atoms with Crippen molar-refractivity contribution in [2.24, 2.45) is 5.41 Å². The van der Waals surface area contributed by atoms with Gasteiger partial charge in [-0.2, -0.15) is 5.26 Å². The van der Waals surface area contributed by atoms with Gasteiger partial charge in [0.15, 0.2) is 5.78 Å². The predicted molar refractivity (Wildman–Crippen MR) is 145 cm³/mol. The number of hydrogen-bond acceptors (Lipinski definition) is 7. The molecule has 1 unspecified atom stereocenters. The lowest BCUT2D eigenvalue weighted by atomic mass is 9.69. The molecule has 0 radical (unpaired) electrons. The minimum absolute atomic E-state index is 0.0459. The molecule has 1 aliphatic heterocycles. The number of dihydropyridines is 1. The molecule has 2 N–H and O–H groups in total. The molecule has 0 bridgehead atoms. The van der Waals surface area contributed by atoms with Gasteiger partial charge in [0.1, 0.15) is 11.5 Å². The number of Topliss-reactive ketones (excluding diaryl/α,β-unsaturated/α-hetero) is 1. The number of methoxy groups -OCH3 is 1. The van der Waals surface area contributed by atoms with Crippen LogP contribution in [0.25, 0.3) is 0 Å². The zero-order valence-electron chi connectivity index (χ0n) is 21.5. The van der Waals surface area contributed by atoms with Crippen molar-refractivity contribution >= 4 is 29.1 Å². The summed E-state index contributed by atoms with van der Waals surface area (Å²) in [7, 11) is 1.60. The number of benzene rings is 2. The smallest absolute Gasteiger partial charge is 0.234 e. The van der Waals surface area contributed by atoms with Crippen molar-refractivity contribution in [3.8, 4) is 17.6 Å². The maximum Gasteiger partial charge on any atom is 0.234 e. The summed E-state index contributed by atoms with van der Waals surface area (Å²) in [5.41, 5.74) is 3.23. The number of thioether (sulfide) groups is 1. The van der Waals surface area contributed by atoms with Gasteiger partial charge in [0.25, 0.3) is 0 Å². The van der Waals surface area contributed by atoms with E-state index >= 15 is 0 Å². The highest BCUT2D eigenvalue weighted by Crippen LogP contribution is 2.48. The van der Waals surface area contributed by atoms with Gasteiger partial charge in [-0.1, -0.05) is 37.7 Å². The van der Waals surface area contributed by atoms with Gasteiger partial charge in [0.2, 0.25) is 5.91 Å². The fourth-order valence-corrected chi connectivity index (χ4v) is 5.62. The van der Waals surface area contributed by atoms with Crippen LogP contribution in [0, 0.1) is 16.7 Å². The van der Waals surface area contributed by atoms with E-state index in [1.807, 2.05) is 31.2 Å². The summed E-state index contributed by atoms with van der Waals surface area (Å²) in [6.07, 6.45) is 1.10. The van der Waals surface area contributed by atoms with E-state index in [1.54, 1.807) is 31.4 Å². The number of allylic oxidation sites excluding steroid dienone is 3. The molecule has 0 saturated carbocycles. The Morgan fingerprint density at radius 3 is 2.43 bits per heavy atom. The summed E-state index contributed by atoms with van der Waals surface area (Å²) >= 11 is 1.27. The molecule has 1 amide bonds. The molecule has 192 valence electrons. The van der Waals surface area contributed by atoms with Crippen molar-refractivity contribution in [3.63, 3.8) is 0 Å². The third-order valence-corrected chi connectivity index (χ3v) is 7.39. The highest BCUT2D eigenvalue weighted by Gasteiger charge is 2.42. The molecule has 8 heteroatoms. The average molecular weight is 518 g/mol. The van der Waals surface area contributed by atoms with E-state index in [4.69, 9.17) is 9.47 Å². The lowest BCUT2D eigenvalue weighted by Crippen LogP contribution is -2.37. The maximum absolute atomic E-state index is 13.3. The number of rotatable bonds is 8. The lowest BCUT2D eigenvalue weighted by Gasteiger charge is -2.39. The zero-order valence-corrected chi connectivity index (χ0v) is 22.3. The summed E-state index contributed by atoms with van der Waals surface area (Å²) in [5.74, 6) is 0.907. The monoisotopic (exact) mass is 517 g/mol. The number of nitriles is 1. The first kappa shape index (κ1) is 26.4. The predicted octanol–water partition coefficient (Wildman–Crippen LogP) is 5.53. The van der Waals surface area contributed by atoms with Crippen molar-refractivity contribution in [1.29, 1.82) is 5.26 Å². The quantitative estimate of drug-likeness (QED) is 0.475. The van der Waals surface area contributed by atoms with Crippen LogP contribution in [0.5, 0.6) is 11.5 Å². The Balaban J connectivity index is 1.59. The first-order valence-electron chi connectivity index (χ1n) is 12.2. The Morgan fingerprint density at radius 2 is 1.81 bits per heavy atom. The molecule has 4 rings (SSSR count). The minimum Gasteiger partial charge on any atom is -0.497 e. The van der Waals surface area contributed by atoms with E-state index in [0.29, 0.717) is 47.1 Å². The van der Waals surface area contributed by atoms with Gasteiger partial charge in [-0.3, -0.25) is 9.59 Å². The largest absolute Gasteiger partial charge is 0.497 e. The first-order chi connectivity index (χ1) is 17.7. The molecule has 2 aromatic rings. The van der Waals surface area contributed by atoms with Gasteiger partial charge in [-0.25, -0.2) is 0 Å². The second-order valence-corrected chi connectivity index (χ2v) is 10.8. The first-order valence-corrected chi connectivity index (χ1v) is 13.2. The van der Waals surface area contributed by atoms with Crippen molar-refractivity contribution in [1.82, 2.24) is 5.32 Å². The Hall–Kier alpha value is -3.70. The number of hydrogen-bond donors (Lipinski definition) is 2. The molecular formula is C29H31N3O4S. The molecule has 0 aromatic heterocycles. The highest BCUT2D eigenvalue weighted by atomic mass is 32.2. The van der Waals surface area contributed by atoms with Crippen LogP contribution in [-0.4, -0.2) is 31.2 Å². The molecular weight excluding hydrogens is 486 g/mol. The third kappa shape index (κ3) is 6.00. The minimum atomic E-state index is -0.493. The number of anilines is 1. The fraction of sp³-hybridized carbons (Fsp3) is 0.345. The van der Waals surface area contributed by atoms with Crippen LogP contribution in [0.4, 0.5) is 5.69 Å². The summed E-state index contributed by atoms with van der Waals surface area (Å²) in [6, 6.07) is 17.0. The molecule has 1 atom stereocenters. The summed E-state index contributed by atoms with van der Waals surface area (Å²) in [6.45, 7) is 6.63.